The first-order chi connectivity index (χ1) is 11.9. The molecule has 0 aliphatic carbocycles. The number of rotatable bonds is 8. The number of benzene rings is 1. The van der Waals surface area contributed by atoms with Crippen LogP contribution in [0, 0.1) is 6.92 Å². The summed E-state index contributed by atoms with van der Waals surface area (Å²) in [4.78, 5) is 13.9. The number of hydrogen-bond donors (Lipinski definition) is 3. The zero-order valence-electron chi connectivity index (χ0n) is 14.5. The molecular weight excluding hydrogens is 348 g/mol. The Labute approximate surface area is 150 Å². The molecule has 0 amide bonds. The van der Waals surface area contributed by atoms with Crippen LogP contribution in [0.3, 0.4) is 0 Å². The molecule has 1 aromatic heterocycles. The van der Waals surface area contributed by atoms with Crippen LogP contribution in [0.15, 0.2) is 12.1 Å². The molecule has 0 unspecified atom stereocenters. The van der Waals surface area contributed by atoms with E-state index >= 15 is 0 Å². The van der Waals surface area contributed by atoms with E-state index in [1.54, 1.807) is 13.2 Å². The molecule has 2 rings (SSSR count). The first-order valence-corrected chi connectivity index (χ1v) is 7.91. The van der Waals surface area contributed by atoms with Crippen molar-refractivity contribution in [1.82, 2.24) is 10.3 Å². The zero-order valence-corrected chi connectivity index (χ0v) is 15.3. The lowest BCUT2D eigenvalue weighted by Crippen LogP contribution is -2.22. The number of hydrogen-bond acceptors (Lipinski definition) is 5. The Morgan fingerprint density at radius 1 is 1.20 bits per heavy atom. The van der Waals surface area contributed by atoms with Gasteiger partial charge >= 0.3 is 5.97 Å². The van der Waals surface area contributed by atoms with Gasteiger partial charge in [0, 0.05) is 29.1 Å². The SMILES string of the molecule is COc1ccc(-c2c(CNCC(=O)O)[nH]c(C)c2Cl)c(OC)c1OC. The molecule has 1 heterocycles. The molecule has 0 spiro atoms. The van der Waals surface area contributed by atoms with E-state index in [0.29, 0.717) is 28.8 Å². The quantitative estimate of drug-likeness (QED) is 0.663. The van der Waals surface area contributed by atoms with Crippen LogP contribution >= 0.6 is 11.6 Å². The summed E-state index contributed by atoms with van der Waals surface area (Å²) in [7, 11) is 4.62. The van der Waals surface area contributed by atoms with Crippen molar-refractivity contribution in [1.29, 1.82) is 0 Å². The topological polar surface area (TPSA) is 92.8 Å². The average molecular weight is 369 g/mol. The van der Waals surface area contributed by atoms with E-state index in [1.807, 2.05) is 13.0 Å². The molecular formula is C17H21ClN2O5. The Bertz CT molecular complexity index is 773. The summed E-state index contributed by atoms with van der Waals surface area (Å²) >= 11 is 6.49. The average Bonchev–Trinajstić information content (AvgIpc) is 2.87. The number of carbonyl (C=O) groups is 1. The van der Waals surface area contributed by atoms with E-state index in [-0.39, 0.29) is 6.54 Å². The maximum absolute atomic E-state index is 10.7. The van der Waals surface area contributed by atoms with Gasteiger partial charge < -0.3 is 29.6 Å². The minimum absolute atomic E-state index is 0.155. The third-order valence-corrected chi connectivity index (χ3v) is 4.21. The first-order valence-electron chi connectivity index (χ1n) is 7.53. The number of aromatic nitrogens is 1. The number of aromatic amines is 1. The normalized spacial score (nSPS) is 10.6. The Morgan fingerprint density at radius 2 is 1.88 bits per heavy atom. The summed E-state index contributed by atoms with van der Waals surface area (Å²) in [6, 6.07) is 3.60. The van der Waals surface area contributed by atoms with Crippen LogP contribution in [0.25, 0.3) is 11.1 Å². The van der Waals surface area contributed by atoms with Crippen molar-refractivity contribution in [3.8, 4) is 28.4 Å². The van der Waals surface area contributed by atoms with Crippen molar-refractivity contribution in [2.75, 3.05) is 27.9 Å². The summed E-state index contributed by atoms with van der Waals surface area (Å²) in [5, 5.41) is 12.2. The third kappa shape index (κ3) is 3.83. The second-order valence-corrected chi connectivity index (χ2v) is 5.67. The molecule has 1 aromatic carbocycles. The van der Waals surface area contributed by atoms with Gasteiger partial charge in [-0.2, -0.15) is 0 Å². The highest BCUT2D eigenvalue weighted by Crippen LogP contribution is 2.47. The largest absolute Gasteiger partial charge is 0.493 e. The second-order valence-electron chi connectivity index (χ2n) is 5.30. The predicted octanol–water partition coefficient (Wildman–Crippen LogP) is 2.84. The lowest BCUT2D eigenvalue weighted by molar-refractivity contribution is -0.136. The number of halogens is 1. The van der Waals surface area contributed by atoms with Gasteiger partial charge in [0.05, 0.1) is 32.9 Å². The van der Waals surface area contributed by atoms with Crippen LogP contribution in [-0.4, -0.2) is 43.9 Å². The van der Waals surface area contributed by atoms with E-state index in [4.69, 9.17) is 30.9 Å². The third-order valence-electron chi connectivity index (χ3n) is 3.74. The number of methoxy groups -OCH3 is 3. The zero-order chi connectivity index (χ0) is 18.6. The number of carboxylic acids is 1. The molecule has 8 heteroatoms. The molecule has 7 nitrogen and oxygen atoms in total. The van der Waals surface area contributed by atoms with Crippen molar-refractivity contribution in [2.45, 2.75) is 13.5 Å². The minimum atomic E-state index is -0.931. The molecule has 0 aliphatic rings. The molecule has 0 fully saturated rings. The van der Waals surface area contributed by atoms with E-state index in [1.165, 1.54) is 14.2 Å². The first kappa shape index (κ1) is 19.0. The van der Waals surface area contributed by atoms with Crippen molar-refractivity contribution in [3.05, 3.63) is 28.5 Å². The van der Waals surface area contributed by atoms with Gasteiger partial charge in [-0.25, -0.2) is 0 Å². The van der Waals surface area contributed by atoms with Crippen LogP contribution in [-0.2, 0) is 11.3 Å². The Kier molecular flexibility index (Phi) is 6.17. The molecule has 0 saturated heterocycles. The van der Waals surface area contributed by atoms with Crippen LogP contribution in [0.4, 0.5) is 0 Å². The predicted molar refractivity (Wildman–Crippen MR) is 95.0 cm³/mol. The van der Waals surface area contributed by atoms with E-state index in [0.717, 1.165) is 22.5 Å². The Balaban J connectivity index is 2.56. The Morgan fingerprint density at radius 3 is 2.44 bits per heavy atom. The second kappa shape index (κ2) is 8.13. The molecule has 0 saturated carbocycles. The molecule has 0 bridgehead atoms. The van der Waals surface area contributed by atoms with Gasteiger partial charge in [-0.15, -0.1) is 0 Å². The van der Waals surface area contributed by atoms with Crippen molar-refractivity contribution in [2.24, 2.45) is 0 Å². The van der Waals surface area contributed by atoms with Crippen LogP contribution in [0.5, 0.6) is 17.2 Å². The van der Waals surface area contributed by atoms with Gasteiger partial charge in [0.2, 0.25) is 5.75 Å². The Hall–Kier alpha value is -2.38. The van der Waals surface area contributed by atoms with Crippen LogP contribution in [0.1, 0.15) is 11.4 Å². The van der Waals surface area contributed by atoms with Crippen molar-refractivity contribution < 1.29 is 24.1 Å². The lowest BCUT2D eigenvalue weighted by atomic mass is 10.0. The fourth-order valence-electron chi connectivity index (χ4n) is 2.67. The van der Waals surface area contributed by atoms with Gasteiger partial charge in [-0.1, -0.05) is 11.6 Å². The molecule has 3 N–H and O–H groups in total. The van der Waals surface area contributed by atoms with E-state index in [9.17, 15) is 4.79 Å². The highest BCUT2D eigenvalue weighted by Gasteiger charge is 2.23. The van der Waals surface area contributed by atoms with Gasteiger partial charge in [0.25, 0.3) is 0 Å². The van der Waals surface area contributed by atoms with Gasteiger partial charge in [0.1, 0.15) is 0 Å². The van der Waals surface area contributed by atoms with Crippen LogP contribution in [0.2, 0.25) is 5.02 Å². The maximum atomic E-state index is 10.7. The number of H-pyrrole nitrogens is 1. The number of nitrogens with one attached hydrogen (secondary N) is 2. The van der Waals surface area contributed by atoms with Gasteiger partial charge in [-0.05, 0) is 19.1 Å². The number of aliphatic carboxylic acids is 1. The van der Waals surface area contributed by atoms with Crippen molar-refractivity contribution >= 4 is 17.6 Å². The lowest BCUT2D eigenvalue weighted by Gasteiger charge is -2.16. The smallest absolute Gasteiger partial charge is 0.317 e. The van der Waals surface area contributed by atoms with E-state index < -0.39 is 5.97 Å². The van der Waals surface area contributed by atoms with E-state index in [2.05, 4.69) is 10.3 Å². The maximum Gasteiger partial charge on any atom is 0.317 e. The molecule has 25 heavy (non-hydrogen) atoms. The highest BCUT2D eigenvalue weighted by molar-refractivity contribution is 6.34. The van der Waals surface area contributed by atoms with Crippen LogP contribution < -0.4 is 19.5 Å². The fraction of sp³-hybridized carbons (Fsp3) is 0.353. The summed E-state index contributed by atoms with van der Waals surface area (Å²) in [6.07, 6.45) is 0. The fourth-order valence-corrected chi connectivity index (χ4v) is 2.93. The molecule has 0 aliphatic heterocycles. The highest BCUT2D eigenvalue weighted by atomic mass is 35.5. The van der Waals surface area contributed by atoms with Crippen molar-refractivity contribution in [3.63, 3.8) is 0 Å². The molecule has 2 aromatic rings. The molecule has 0 atom stereocenters. The van der Waals surface area contributed by atoms with Gasteiger partial charge in [0.15, 0.2) is 11.5 Å². The summed E-state index contributed by atoms with van der Waals surface area (Å²) in [5.74, 6) is 0.556. The summed E-state index contributed by atoms with van der Waals surface area (Å²) in [5.41, 5.74) is 2.99. The number of ether oxygens (including phenoxy) is 3. The number of aryl methyl sites for hydroxylation is 1. The monoisotopic (exact) mass is 368 g/mol. The van der Waals surface area contributed by atoms with Gasteiger partial charge in [-0.3, -0.25) is 4.79 Å². The molecule has 136 valence electrons. The minimum Gasteiger partial charge on any atom is -0.493 e. The standard InChI is InChI=1S/C17H21ClN2O5/c1-9-15(18)14(11(20-9)7-19-8-13(21)22)10-5-6-12(23-2)17(25-4)16(10)24-3/h5-6,19-20H,7-8H2,1-4H3,(H,21,22). The summed E-state index contributed by atoms with van der Waals surface area (Å²) in [6.45, 7) is 2.00. The number of carboxylic acid groups (broad SMARTS) is 1. The summed E-state index contributed by atoms with van der Waals surface area (Å²) < 4.78 is 16.3. The molecule has 0 radical (unpaired) electrons.